The highest BCUT2D eigenvalue weighted by Gasteiger charge is 2.33. The van der Waals surface area contributed by atoms with Crippen molar-refractivity contribution < 1.29 is 9.47 Å². The van der Waals surface area contributed by atoms with Gasteiger partial charge in [-0.05, 0) is 41.0 Å². The molecule has 1 aliphatic heterocycles. The van der Waals surface area contributed by atoms with Gasteiger partial charge in [0.2, 0.25) is 0 Å². The number of hydrogen-bond donors (Lipinski definition) is 0. The summed E-state index contributed by atoms with van der Waals surface area (Å²) in [5.74, 6) is 1.74. The predicted molar refractivity (Wildman–Crippen MR) is 110 cm³/mol. The van der Waals surface area contributed by atoms with Crippen molar-refractivity contribution in [2.24, 2.45) is 0 Å². The summed E-state index contributed by atoms with van der Waals surface area (Å²) in [5, 5.41) is 12.6. The van der Waals surface area contributed by atoms with Crippen molar-refractivity contribution in [3.05, 3.63) is 35.7 Å². The molecule has 0 radical (unpaired) electrons. The minimum Gasteiger partial charge on any atom is -0.497 e. The first-order chi connectivity index (χ1) is 14.3. The van der Waals surface area contributed by atoms with E-state index in [1.165, 1.54) is 31.2 Å². The molecule has 2 heterocycles. The Morgan fingerprint density at radius 2 is 1.76 bits per heavy atom. The fourth-order valence-electron chi connectivity index (χ4n) is 4.68. The Kier molecular flexibility index (Phi) is 6.74. The quantitative estimate of drug-likeness (QED) is 0.671. The highest BCUT2D eigenvalue weighted by Crippen LogP contribution is 2.31. The lowest BCUT2D eigenvalue weighted by Gasteiger charge is -2.41. The van der Waals surface area contributed by atoms with E-state index in [0.29, 0.717) is 13.2 Å². The highest BCUT2D eigenvalue weighted by molar-refractivity contribution is 5.32. The highest BCUT2D eigenvalue weighted by atomic mass is 16.5. The molecule has 1 saturated carbocycles. The Bertz CT molecular complexity index is 751. The molecule has 0 N–H and O–H groups in total. The number of ether oxygens (including phenoxy) is 2. The zero-order chi connectivity index (χ0) is 20.1. The Labute approximate surface area is 172 Å². The summed E-state index contributed by atoms with van der Waals surface area (Å²) >= 11 is 0. The van der Waals surface area contributed by atoms with Crippen LogP contribution in [0.1, 0.15) is 43.1 Å². The second-order valence-corrected chi connectivity index (χ2v) is 7.94. The van der Waals surface area contributed by atoms with Gasteiger partial charge in [-0.15, -0.1) is 5.10 Å². The maximum atomic E-state index is 5.35. The molecular weight excluding hydrogens is 368 g/mol. The normalized spacial score (nSPS) is 20.2. The smallest absolute Gasteiger partial charge is 0.173 e. The minimum absolute atomic E-state index is 0.0264. The lowest BCUT2D eigenvalue weighted by molar-refractivity contribution is 0.0763. The minimum atomic E-state index is 0.0264. The zero-order valence-electron chi connectivity index (χ0n) is 17.5. The van der Waals surface area contributed by atoms with Crippen LogP contribution < -0.4 is 4.74 Å². The molecule has 0 bridgehead atoms. The van der Waals surface area contributed by atoms with Gasteiger partial charge in [0.15, 0.2) is 5.82 Å². The van der Waals surface area contributed by atoms with Gasteiger partial charge in [0.1, 0.15) is 5.75 Å². The van der Waals surface area contributed by atoms with E-state index in [1.807, 2.05) is 16.8 Å². The molecule has 8 nitrogen and oxygen atoms in total. The molecule has 0 spiro atoms. The zero-order valence-corrected chi connectivity index (χ0v) is 17.5. The van der Waals surface area contributed by atoms with Gasteiger partial charge in [0.05, 0.1) is 26.3 Å². The standard InChI is InChI=1S/C21H32N6O2/c1-28-16-15-27-21(22-23-24-27)20(17-7-9-19(29-2)10-8-17)26-13-11-25(12-14-26)18-5-3-4-6-18/h7-10,18,20H,3-6,11-16H2,1-2H3/t20-/m0/s1. The second-order valence-electron chi connectivity index (χ2n) is 7.94. The fraction of sp³-hybridized carbons (Fsp3) is 0.667. The van der Waals surface area contributed by atoms with E-state index in [4.69, 9.17) is 9.47 Å². The lowest BCUT2D eigenvalue weighted by Crippen LogP contribution is -2.51. The van der Waals surface area contributed by atoms with Crippen LogP contribution in [0.2, 0.25) is 0 Å². The molecule has 1 aliphatic carbocycles. The average Bonchev–Trinajstić information content (AvgIpc) is 3.46. The summed E-state index contributed by atoms with van der Waals surface area (Å²) in [5.41, 5.74) is 1.19. The molecule has 2 aliphatic rings. The molecular formula is C21H32N6O2. The van der Waals surface area contributed by atoms with Crippen molar-refractivity contribution in [1.82, 2.24) is 30.0 Å². The van der Waals surface area contributed by atoms with Crippen LogP contribution in [0.15, 0.2) is 24.3 Å². The van der Waals surface area contributed by atoms with Gasteiger partial charge in [0.25, 0.3) is 0 Å². The van der Waals surface area contributed by atoms with E-state index >= 15 is 0 Å². The largest absolute Gasteiger partial charge is 0.497 e. The fourth-order valence-corrected chi connectivity index (χ4v) is 4.68. The van der Waals surface area contributed by atoms with E-state index in [2.05, 4.69) is 37.5 Å². The summed E-state index contributed by atoms with van der Waals surface area (Å²) in [4.78, 5) is 5.20. The van der Waals surface area contributed by atoms with Crippen molar-refractivity contribution in [3.63, 3.8) is 0 Å². The SMILES string of the molecule is COCCn1nnnc1[C@H](c1ccc(OC)cc1)N1CCN(C2CCCC2)CC1. The first-order valence-electron chi connectivity index (χ1n) is 10.7. The van der Waals surface area contributed by atoms with Crippen LogP contribution in [0.3, 0.4) is 0 Å². The van der Waals surface area contributed by atoms with E-state index < -0.39 is 0 Å². The Balaban J connectivity index is 1.56. The molecule has 1 aromatic carbocycles. The molecule has 2 fully saturated rings. The number of tetrazole rings is 1. The maximum absolute atomic E-state index is 5.35. The molecule has 2 aromatic rings. The van der Waals surface area contributed by atoms with E-state index in [-0.39, 0.29) is 6.04 Å². The van der Waals surface area contributed by atoms with Crippen LogP contribution in [0.25, 0.3) is 0 Å². The van der Waals surface area contributed by atoms with Gasteiger partial charge < -0.3 is 9.47 Å². The number of aromatic nitrogens is 4. The molecule has 0 amide bonds. The second kappa shape index (κ2) is 9.65. The van der Waals surface area contributed by atoms with Crippen molar-refractivity contribution in [2.45, 2.75) is 44.3 Å². The van der Waals surface area contributed by atoms with Gasteiger partial charge in [-0.25, -0.2) is 4.68 Å². The topological polar surface area (TPSA) is 68.5 Å². The third-order valence-corrected chi connectivity index (χ3v) is 6.30. The van der Waals surface area contributed by atoms with Crippen molar-refractivity contribution >= 4 is 0 Å². The third kappa shape index (κ3) is 4.60. The number of piperazine rings is 1. The van der Waals surface area contributed by atoms with Gasteiger partial charge in [-0.1, -0.05) is 25.0 Å². The van der Waals surface area contributed by atoms with E-state index in [1.54, 1.807) is 14.2 Å². The summed E-state index contributed by atoms with van der Waals surface area (Å²) in [6, 6.07) is 9.09. The molecule has 4 rings (SSSR count). The van der Waals surface area contributed by atoms with Crippen molar-refractivity contribution in [1.29, 1.82) is 0 Å². The molecule has 1 saturated heterocycles. The van der Waals surface area contributed by atoms with Crippen molar-refractivity contribution in [2.75, 3.05) is 47.0 Å². The predicted octanol–water partition coefficient (Wildman–Crippen LogP) is 1.98. The number of hydrogen-bond acceptors (Lipinski definition) is 7. The van der Waals surface area contributed by atoms with Crippen LogP contribution in [0.4, 0.5) is 0 Å². The number of rotatable bonds is 8. The molecule has 8 heteroatoms. The van der Waals surface area contributed by atoms with Gasteiger partial charge in [-0.2, -0.15) is 0 Å². The maximum Gasteiger partial charge on any atom is 0.173 e. The van der Waals surface area contributed by atoms with Crippen LogP contribution in [0, 0.1) is 0 Å². The van der Waals surface area contributed by atoms with Crippen LogP contribution >= 0.6 is 0 Å². The summed E-state index contributed by atoms with van der Waals surface area (Å²) in [7, 11) is 3.40. The van der Waals surface area contributed by atoms with Gasteiger partial charge >= 0.3 is 0 Å². The van der Waals surface area contributed by atoms with Gasteiger partial charge in [0, 0.05) is 39.3 Å². The van der Waals surface area contributed by atoms with Crippen LogP contribution in [0.5, 0.6) is 5.75 Å². The van der Waals surface area contributed by atoms with Crippen LogP contribution in [-0.4, -0.2) is 83.1 Å². The Morgan fingerprint density at radius 3 is 2.41 bits per heavy atom. The number of methoxy groups -OCH3 is 2. The monoisotopic (exact) mass is 400 g/mol. The Morgan fingerprint density at radius 1 is 1.03 bits per heavy atom. The number of benzene rings is 1. The van der Waals surface area contributed by atoms with Crippen molar-refractivity contribution in [3.8, 4) is 5.75 Å². The molecule has 1 atom stereocenters. The Hall–Kier alpha value is -2.03. The first-order valence-corrected chi connectivity index (χ1v) is 10.7. The summed E-state index contributed by atoms with van der Waals surface area (Å²) in [6.45, 7) is 5.49. The summed E-state index contributed by atoms with van der Waals surface area (Å²) in [6.07, 6.45) is 5.48. The molecule has 29 heavy (non-hydrogen) atoms. The van der Waals surface area contributed by atoms with E-state index in [9.17, 15) is 0 Å². The lowest BCUT2D eigenvalue weighted by atomic mass is 10.0. The summed E-state index contributed by atoms with van der Waals surface area (Å²) < 4.78 is 12.5. The third-order valence-electron chi connectivity index (χ3n) is 6.30. The molecule has 0 unspecified atom stereocenters. The molecule has 158 valence electrons. The van der Waals surface area contributed by atoms with Crippen LogP contribution in [-0.2, 0) is 11.3 Å². The first kappa shape index (κ1) is 20.3. The molecule has 1 aromatic heterocycles. The van der Waals surface area contributed by atoms with E-state index in [0.717, 1.165) is 43.8 Å². The van der Waals surface area contributed by atoms with Gasteiger partial charge in [-0.3, -0.25) is 9.80 Å². The average molecular weight is 401 g/mol. The number of nitrogens with zero attached hydrogens (tertiary/aromatic N) is 6.